The Morgan fingerprint density at radius 1 is 1.61 bits per heavy atom. The van der Waals surface area contributed by atoms with Crippen LogP contribution in [0.3, 0.4) is 0 Å². The molecule has 0 spiro atoms. The molecule has 0 saturated carbocycles. The lowest BCUT2D eigenvalue weighted by atomic mass is 10.2. The number of anilines is 2. The molecule has 2 aromatic heterocycles. The summed E-state index contributed by atoms with van der Waals surface area (Å²) >= 11 is 1.16. The van der Waals surface area contributed by atoms with Gasteiger partial charge in [0.15, 0.2) is 5.13 Å². The summed E-state index contributed by atoms with van der Waals surface area (Å²) in [5.74, 6) is 0.483. The van der Waals surface area contributed by atoms with Gasteiger partial charge in [-0.25, -0.2) is 9.67 Å². The van der Waals surface area contributed by atoms with Crippen molar-refractivity contribution in [1.82, 2.24) is 20.1 Å². The molecule has 1 fully saturated rings. The van der Waals surface area contributed by atoms with Crippen molar-refractivity contribution in [1.29, 1.82) is 0 Å². The summed E-state index contributed by atoms with van der Waals surface area (Å²) in [7, 11) is 0. The van der Waals surface area contributed by atoms with E-state index in [1.54, 1.807) is 12.3 Å². The van der Waals surface area contributed by atoms with Gasteiger partial charge in [0.2, 0.25) is 0 Å². The van der Waals surface area contributed by atoms with Crippen LogP contribution in [0.4, 0.5) is 10.9 Å². The predicted molar refractivity (Wildman–Crippen MR) is 68.6 cm³/mol. The molecule has 0 radical (unpaired) electrons. The van der Waals surface area contributed by atoms with Gasteiger partial charge in [0.25, 0.3) is 5.91 Å². The van der Waals surface area contributed by atoms with Crippen LogP contribution in [0.5, 0.6) is 0 Å². The first kappa shape index (κ1) is 11.2. The fourth-order valence-electron chi connectivity index (χ4n) is 1.72. The van der Waals surface area contributed by atoms with Gasteiger partial charge < -0.3 is 16.4 Å². The van der Waals surface area contributed by atoms with Crippen molar-refractivity contribution in [2.45, 2.75) is 6.04 Å². The standard InChI is InChI=1S/C10H12N6OS/c11-10-13-5-7(18-10)9(17)15-8-1-2-14-16(8)6-3-12-4-6/h1-2,5-6,12H,3-4H2,(H2,11,13)(H,15,17). The maximum Gasteiger partial charge on any atom is 0.268 e. The second kappa shape index (κ2) is 4.39. The second-order valence-corrected chi connectivity index (χ2v) is 5.05. The van der Waals surface area contributed by atoms with E-state index in [0.29, 0.717) is 21.9 Å². The van der Waals surface area contributed by atoms with Crippen molar-refractivity contribution < 1.29 is 4.79 Å². The number of hydrogen-bond acceptors (Lipinski definition) is 6. The van der Waals surface area contributed by atoms with Crippen molar-refractivity contribution in [3.63, 3.8) is 0 Å². The zero-order chi connectivity index (χ0) is 12.5. The van der Waals surface area contributed by atoms with Gasteiger partial charge in [-0.2, -0.15) is 5.10 Å². The first-order valence-corrected chi connectivity index (χ1v) is 6.32. The molecule has 3 heterocycles. The van der Waals surface area contributed by atoms with E-state index in [0.717, 1.165) is 24.4 Å². The Kier molecular flexibility index (Phi) is 2.73. The van der Waals surface area contributed by atoms with E-state index in [-0.39, 0.29) is 5.91 Å². The van der Waals surface area contributed by atoms with Gasteiger partial charge in [0.1, 0.15) is 10.7 Å². The lowest BCUT2D eigenvalue weighted by molar-refractivity contribution is 0.102. The molecule has 4 N–H and O–H groups in total. The van der Waals surface area contributed by atoms with Crippen LogP contribution in [0.15, 0.2) is 18.5 Å². The molecule has 0 unspecified atom stereocenters. The monoisotopic (exact) mass is 264 g/mol. The lowest BCUT2D eigenvalue weighted by Crippen LogP contribution is -2.44. The van der Waals surface area contributed by atoms with Crippen molar-refractivity contribution >= 4 is 28.2 Å². The number of amides is 1. The number of nitrogens with zero attached hydrogens (tertiary/aromatic N) is 3. The third-order valence-corrected chi connectivity index (χ3v) is 3.59. The Morgan fingerprint density at radius 2 is 2.44 bits per heavy atom. The zero-order valence-corrected chi connectivity index (χ0v) is 10.3. The van der Waals surface area contributed by atoms with E-state index in [2.05, 4.69) is 20.7 Å². The second-order valence-electron chi connectivity index (χ2n) is 3.99. The zero-order valence-electron chi connectivity index (χ0n) is 9.46. The molecule has 18 heavy (non-hydrogen) atoms. The van der Waals surface area contributed by atoms with Crippen LogP contribution in [0.1, 0.15) is 15.7 Å². The third-order valence-electron chi connectivity index (χ3n) is 2.77. The molecule has 0 aliphatic carbocycles. The molecule has 1 saturated heterocycles. The van der Waals surface area contributed by atoms with E-state index in [4.69, 9.17) is 5.73 Å². The molecule has 0 atom stereocenters. The van der Waals surface area contributed by atoms with E-state index >= 15 is 0 Å². The molecule has 94 valence electrons. The summed E-state index contributed by atoms with van der Waals surface area (Å²) in [5, 5.41) is 10.6. The average molecular weight is 264 g/mol. The minimum Gasteiger partial charge on any atom is -0.375 e. The van der Waals surface area contributed by atoms with Gasteiger partial charge in [-0.15, -0.1) is 0 Å². The molecule has 1 amide bonds. The van der Waals surface area contributed by atoms with E-state index in [1.807, 2.05) is 4.68 Å². The maximum atomic E-state index is 12.0. The Labute approximate surface area is 107 Å². The first-order chi connectivity index (χ1) is 8.74. The van der Waals surface area contributed by atoms with Crippen LogP contribution in [0, 0.1) is 0 Å². The van der Waals surface area contributed by atoms with Crippen molar-refractivity contribution in [2.75, 3.05) is 24.1 Å². The topological polar surface area (TPSA) is 97.9 Å². The summed E-state index contributed by atoms with van der Waals surface area (Å²) in [6.07, 6.45) is 3.15. The largest absolute Gasteiger partial charge is 0.375 e. The van der Waals surface area contributed by atoms with E-state index < -0.39 is 0 Å². The van der Waals surface area contributed by atoms with Gasteiger partial charge >= 0.3 is 0 Å². The maximum absolute atomic E-state index is 12.0. The average Bonchev–Trinajstić information content (AvgIpc) is 2.86. The predicted octanol–water partition coefficient (Wildman–Crippen LogP) is 0.318. The summed E-state index contributed by atoms with van der Waals surface area (Å²) in [5.41, 5.74) is 5.50. The first-order valence-electron chi connectivity index (χ1n) is 5.51. The van der Waals surface area contributed by atoms with Gasteiger partial charge in [-0.05, 0) is 0 Å². The highest BCUT2D eigenvalue weighted by molar-refractivity contribution is 7.17. The van der Waals surface area contributed by atoms with Crippen LogP contribution in [0.2, 0.25) is 0 Å². The SMILES string of the molecule is Nc1ncc(C(=O)Nc2ccnn2C2CNC2)s1. The molecule has 0 aromatic carbocycles. The third kappa shape index (κ3) is 1.95. The Hall–Kier alpha value is -1.93. The van der Waals surface area contributed by atoms with Crippen molar-refractivity contribution in [3.8, 4) is 0 Å². The molecule has 2 aromatic rings. The quantitative estimate of drug-likeness (QED) is 0.741. The van der Waals surface area contributed by atoms with E-state index in [1.165, 1.54) is 6.20 Å². The van der Waals surface area contributed by atoms with Gasteiger partial charge in [-0.3, -0.25) is 4.79 Å². The molecular weight excluding hydrogens is 252 g/mol. The minimum atomic E-state index is -0.210. The number of nitrogens with two attached hydrogens (primary N) is 1. The van der Waals surface area contributed by atoms with Crippen molar-refractivity contribution in [2.24, 2.45) is 0 Å². The van der Waals surface area contributed by atoms with Gasteiger partial charge in [0.05, 0.1) is 18.4 Å². The Balaban J connectivity index is 1.76. The summed E-state index contributed by atoms with van der Waals surface area (Å²) < 4.78 is 1.82. The molecule has 1 aliphatic rings. The number of hydrogen-bond donors (Lipinski definition) is 3. The fourth-order valence-corrected chi connectivity index (χ4v) is 2.30. The molecule has 1 aliphatic heterocycles. The number of aromatic nitrogens is 3. The number of nitrogens with one attached hydrogen (secondary N) is 2. The van der Waals surface area contributed by atoms with Crippen LogP contribution in [-0.4, -0.2) is 33.8 Å². The fraction of sp³-hybridized carbons (Fsp3) is 0.300. The summed E-state index contributed by atoms with van der Waals surface area (Å²) in [6, 6.07) is 2.09. The highest BCUT2D eigenvalue weighted by Gasteiger charge is 2.22. The molecule has 0 bridgehead atoms. The summed E-state index contributed by atoms with van der Waals surface area (Å²) in [4.78, 5) is 16.3. The van der Waals surface area contributed by atoms with Crippen LogP contribution < -0.4 is 16.4 Å². The summed E-state index contributed by atoms with van der Waals surface area (Å²) in [6.45, 7) is 1.75. The molecule has 8 heteroatoms. The van der Waals surface area contributed by atoms with Crippen LogP contribution in [-0.2, 0) is 0 Å². The smallest absolute Gasteiger partial charge is 0.268 e. The molecule has 7 nitrogen and oxygen atoms in total. The minimum absolute atomic E-state index is 0.210. The van der Waals surface area contributed by atoms with Crippen LogP contribution >= 0.6 is 11.3 Å². The van der Waals surface area contributed by atoms with Gasteiger partial charge in [0, 0.05) is 19.2 Å². The van der Waals surface area contributed by atoms with Crippen molar-refractivity contribution in [3.05, 3.63) is 23.3 Å². The number of nitrogen functional groups attached to an aromatic ring is 1. The van der Waals surface area contributed by atoms with Crippen LogP contribution in [0.25, 0.3) is 0 Å². The highest BCUT2D eigenvalue weighted by Crippen LogP contribution is 2.20. The number of carbonyl (C=O) groups excluding carboxylic acids is 1. The number of carbonyl (C=O) groups is 1. The number of thiazole rings is 1. The molecule has 3 rings (SSSR count). The van der Waals surface area contributed by atoms with Gasteiger partial charge in [-0.1, -0.05) is 11.3 Å². The molecular formula is C10H12N6OS. The lowest BCUT2D eigenvalue weighted by Gasteiger charge is -2.28. The van der Waals surface area contributed by atoms with E-state index in [9.17, 15) is 4.79 Å². The highest BCUT2D eigenvalue weighted by atomic mass is 32.1. The normalized spacial score (nSPS) is 15.3. The Bertz CT molecular complexity index is 572. The number of rotatable bonds is 3. The Morgan fingerprint density at radius 3 is 3.06 bits per heavy atom.